The molecule has 4 fully saturated rings. The van der Waals surface area contributed by atoms with Crippen LogP contribution in [0.5, 0.6) is 0 Å². The zero-order valence-electron chi connectivity index (χ0n) is 18.2. The molecular weight excluding hydrogens is 396 g/mol. The fourth-order valence-electron chi connectivity index (χ4n) is 7.00. The molecule has 0 amide bonds. The van der Waals surface area contributed by atoms with Crippen LogP contribution in [-0.4, -0.2) is 21.9 Å². The number of carbonyl (C=O) groups is 1. The average Bonchev–Trinajstić information content (AvgIpc) is 3.26. The van der Waals surface area contributed by atoms with Gasteiger partial charge in [-0.05, 0) is 116 Å². The maximum Gasteiger partial charge on any atom is 0.335 e. The first kappa shape index (κ1) is 19.5. The van der Waals surface area contributed by atoms with Gasteiger partial charge >= 0.3 is 5.97 Å². The predicted octanol–water partition coefficient (Wildman–Crippen LogP) is 6.39. The molecule has 4 heteroatoms. The zero-order chi connectivity index (χ0) is 21.7. The Balaban J connectivity index is 1.21. The quantitative estimate of drug-likeness (QED) is 0.482. The Labute approximate surface area is 188 Å². The van der Waals surface area contributed by atoms with Gasteiger partial charge in [-0.1, -0.05) is 12.1 Å². The number of benzene rings is 2. The topological polar surface area (TPSA) is 54.6 Å². The van der Waals surface area contributed by atoms with Crippen molar-refractivity contribution in [1.29, 1.82) is 0 Å². The molecule has 0 saturated heterocycles. The molecule has 0 spiro atoms. The van der Waals surface area contributed by atoms with Crippen LogP contribution in [0, 0.1) is 17.8 Å². The molecular formula is C28H28N2O2. The van der Waals surface area contributed by atoms with Gasteiger partial charge in [0, 0.05) is 11.9 Å². The summed E-state index contributed by atoms with van der Waals surface area (Å²) in [7, 11) is 0. The Morgan fingerprint density at radius 2 is 1.53 bits per heavy atom. The lowest BCUT2D eigenvalue weighted by molar-refractivity contribution is -0.00518. The molecule has 162 valence electrons. The van der Waals surface area contributed by atoms with Crippen LogP contribution < -0.4 is 0 Å². The Hall–Kier alpha value is -3.14. The molecule has 32 heavy (non-hydrogen) atoms. The third kappa shape index (κ3) is 3.38. The third-order valence-corrected chi connectivity index (χ3v) is 8.04. The minimum absolute atomic E-state index is 0.287. The second kappa shape index (κ2) is 7.47. The van der Waals surface area contributed by atoms with Crippen LogP contribution in [0.25, 0.3) is 5.69 Å². The molecule has 4 nitrogen and oxygen atoms in total. The van der Waals surface area contributed by atoms with Crippen molar-refractivity contribution in [1.82, 2.24) is 4.57 Å². The number of hydrogen-bond donors (Lipinski definition) is 1. The summed E-state index contributed by atoms with van der Waals surface area (Å²) in [6.45, 7) is 0. The normalized spacial score (nSPS) is 28.4. The first-order valence-electron chi connectivity index (χ1n) is 11.7. The van der Waals surface area contributed by atoms with Gasteiger partial charge in [0.05, 0.1) is 23.2 Å². The fourth-order valence-corrected chi connectivity index (χ4v) is 7.00. The lowest BCUT2D eigenvalue weighted by Gasteiger charge is -2.57. The van der Waals surface area contributed by atoms with E-state index in [9.17, 15) is 4.79 Å². The van der Waals surface area contributed by atoms with Crippen LogP contribution in [0.15, 0.2) is 71.9 Å². The number of aliphatic imine (C=N–C) groups is 1. The molecule has 7 rings (SSSR count). The van der Waals surface area contributed by atoms with E-state index in [-0.39, 0.29) is 5.56 Å². The van der Waals surface area contributed by atoms with Gasteiger partial charge in [0.2, 0.25) is 0 Å². The lowest BCUT2D eigenvalue weighted by Crippen LogP contribution is -2.48. The highest BCUT2D eigenvalue weighted by atomic mass is 16.4. The van der Waals surface area contributed by atoms with E-state index in [4.69, 9.17) is 10.1 Å². The first-order chi connectivity index (χ1) is 15.6. The van der Waals surface area contributed by atoms with Gasteiger partial charge < -0.3 is 9.67 Å². The number of carboxylic acid groups (broad SMARTS) is 1. The second-order valence-corrected chi connectivity index (χ2v) is 10.2. The zero-order valence-corrected chi connectivity index (χ0v) is 18.2. The monoisotopic (exact) mass is 424 g/mol. The largest absolute Gasteiger partial charge is 0.478 e. The van der Waals surface area contributed by atoms with Gasteiger partial charge in [-0.2, -0.15) is 0 Å². The molecule has 4 bridgehead atoms. The highest BCUT2D eigenvalue weighted by Crippen LogP contribution is 2.60. The SMILES string of the molecule is O=C(O)c1ccc(-n2cccc2C=Nc2ccc(C34CC5CC(CC(C5)C3)C4)cc2)cc1. The van der Waals surface area contributed by atoms with Crippen LogP contribution in [0.1, 0.15) is 60.1 Å². The smallest absolute Gasteiger partial charge is 0.335 e. The molecule has 0 unspecified atom stereocenters. The van der Waals surface area contributed by atoms with Crippen molar-refractivity contribution in [3.63, 3.8) is 0 Å². The summed E-state index contributed by atoms with van der Waals surface area (Å²) in [5.74, 6) is 1.95. The Morgan fingerprint density at radius 3 is 2.12 bits per heavy atom. The molecule has 0 aliphatic heterocycles. The minimum atomic E-state index is -0.914. The van der Waals surface area contributed by atoms with Gasteiger partial charge in [0.1, 0.15) is 0 Å². The van der Waals surface area contributed by atoms with Gasteiger partial charge in [-0.3, -0.25) is 4.99 Å². The number of hydrogen-bond acceptors (Lipinski definition) is 2. The van der Waals surface area contributed by atoms with E-state index in [1.54, 1.807) is 12.1 Å². The maximum atomic E-state index is 11.1. The second-order valence-electron chi connectivity index (χ2n) is 10.2. The van der Waals surface area contributed by atoms with E-state index >= 15 is 0 Å². The molecule has 1 N–H and O–H groups in total. The van der Waals surface area contributed by atoms with Crippen molar-refractivity contribution in [3.8, 4) is 5.69 Å². The number of nitrogens with zero attached hydrogens (tertiary/aromatic N) is 2. The molecule has 4 aliphatic carbocycles. The summed E-state index contributed by atoms with van der Waals surface area (Å²) in [6.07, 6.45) is 12.4. The standard InChI is InChI=1S/C28H28N2O2/c31-27(32)22-3-9-25(10-4-22)30-11-1-2-26(30)18-29-24-7-5-23(6-8-24)28-15-19-12-20(16-28)14-21(13-19)17-28/h1-11,18-21H,12-17H2,(H,31,32). The summed E-state index contributed by atoms with van der Waals surface area (Å²) in [5, 5.41) is 9.11. The Bertz CT molecular complexity index is 1140. The van der Waals surface area contributed by atoms with Crippen molar-refractivity contribution >= 4 is 17.9 Å². The van der Waals surface area contributed by atoms with Crippen molar-refractivity contribution in [2.24, 2.45) is 22.7 Å². The predicted molar refractivity (Wildman–Crippen MR) is 126 cm³/mol. The number of carboxylic acids is 1. The minimum Gasteiger partial charge on any atom is -0.478 e. The van der Waals surface area contributed by atoms with E-state index in [2.05, 4.69) is 24.3 Å². The summed E-state index contributed by atoms with van der Waals surface area (Å²) < 4.78 is 2.01. The van der Waals surface area contributed by atoms with Gasteiger partial charge in [0.15, 0.2) is 0 Å². The van der Waals surface area contributed by atoms with E-state index in [0.29, 0.717) is 5.41 Å². The number of aromatic carboxylic acids is 1. The van der Waals surface area contributed by atoms with Crippen LogP contribution >= 0.6 is 0 Å². The van der Waals surface area contributed by atoms with Crippen LogP contribution in [0.2, 0.25) is 0 Å². The Kier molecular flexibility index (Phi) is 4.56. The van der Waals surface area contributed by atoms with Crippen molar-refractivity contribution in [3.05, 3.63) is 83.7 Å². The van der Waals surface area contributed by atoms with Gasteiger partial charge in [-0.25, -0.2) is 4.79 Å². The lowest BCUT2D eigenvalue weighted by atomic mass is 9.48. The molecule has 2 aromatic carbocycles. The van der Waals surface area contributed by atoms with E-state index in [1.165, 1.54) is 44.1 Å². The number of rotatable bonds is 5. The molecule has 0 radical (unpaired) electrons. The third-order valence-electron chi connectivity index (χ3n) is 8.04. The van der Waals surface area contributed by atoms with Crippen LogP contribution in [0.4, 0.5) is 5.69 Å². The fraction of sp³-hybridized carbons (Fsp3) is 0.357. The first-order valence-corrected chi connectivity index (χ1v) is 11.7. The summed E-state index contributed by atoms with van der Waals surface area (Å²) in [5.41, 5.74) is 5.07. The van der Waals surface area contributed by atoms with Crippen LogP contribution in [-0.2, 0) is 5.41 Å². The van der Waals surface area contributed by atoms with Gasteiger partial charge in [0.25, 0.3) is 0 Å². The molecule has 4 saturated carbocycles. The van der Waals surface area contributed by atoms with E-state index < -0.39 is 5.97 Å². The van der Waals surface area contributed by atoms with E-state index in [1.807, 2.05) is 41.2 Å². The summed E-state index contributed by atoms with van der Waals surface area (Å²) in [4.78, 5) is 15.8. The van der Waals surface area contributed by atoms with Crippen molar-refractivity contribution in [2.45, 2.75) is 43.9 Å². The van der Waals surface area contributed by atoms with Gasteiger partial charge in [-0.15, -0.1) is 0 Å². The van der Waals surface area contributed by atoms with E-state index in [0.717, 1.165) is 34.8 Å². The molecule has 3 aromatic rings. The summed E-state index contributed by atoms with van der Waals surface area (Å²) in [6, 6.07) is 19.9. The number of aromatic nitrogens is 1. The summed E-state index contributed by atoms with van der Waals surface area (Å²) >= 11 is 0. The molecule has 4 aliphatic rings. The van der Waals surface area contributed by atoms with Crippen molar-refractivity contribution < 1.29 is 9.90 Å². The highest BCUT2D eigenvalue weighted by molar-refractivity contribution is 5.88. The molecule has 0 atom stereocenters. The maximum absolute atomic E-state index is 11.1. The Morgan fingerprint density at radius 1 is 0.906 bits per heavy atom. The van der Waals surface area contributed by atoms with Crippen molar-refractivity contribution in [2.75, 3.05) is 0 Å². The highest BCUT2D eigenvalue weighted by Gasteiger charge is 2.51. The molecule has 1 aromatic heterocycles. The average molecular weight is 425 g/mol. The molecule has 1 heterocycles. The van der Waals surface area contributed by atoms with Crippen LogP contribution in [0.3, 0.4) is 0 Å².